The zero-order valence-electron chi connectivity index (χ0n) is 9.08. The molecule has 1 aromatic carbocycles. The SMILES string of the molecule is CCc1c([C@H](C)NN)oc2ccccc12. The van der Waals surface area contributed by atoms with Crippen molar-refractivity contribution in [3.8, 4) is 0 Å². The molecule has 80 valence electrons. The van der Waals surface area contributed by atoms with Crippen LogP contribution in [0.5, 0.6) is 0 Å². The lowest BCUT2D eigenvalue weighted by atomic mass is 10.1. The number of aryl methyl sites for hydroxylation is 1. The Morgan fingerprint density at radius 3 is 2.80 bits per heavy atom. The first-order valence-corrected chi connectivity index (χ1v) is 5.24. The lowest BCUT2D eigenvalue weighted by Gasteiger charge is -2.08. The minimum absolute atomic E-state index is 0.0485. The van der Waals surface area contributed by atoms with Crippen molar-refractivity contribution >= 4 is 11.0 Å². The van der Waals surface area contributed by atoms with E-state index >= 15 is 0 Å². The summed E-state index contributed by atoms with van der Waals surface area (Å²) in [6.07, 6.45) is 0.957. The average Bonchev–Trinajstić information content (AvgIpc) is 2.66. The first kappa shape index (κ1) is 10.2. The number of hydrazine groups is 1. The molecule has 1 aromatic heterocycles. The van der Waals surface area contributed by atoms with E-state index in [4.69, 9.17) is 10.3 Å². The van der Waals surface area contributed by atoms with Gasteiger partial charge >= 0.3 is 0 Å². The maximum Gasteiger partial charge on any atom is 0.134 e. The molecule has 0 unspecified atom stereocenters. The maximum atomic E-state index is 5.80. The van der Waals surface area contributed by atoms with E-state index in [1.807, 2.05) is 25.1 Å². The van der Waals surface area contributed by atoms with Gasteiger partial charge in [-0.3, -0.25) is 11.3 Å². The Hall–Kier alpha value is -1.32. The van der Waals surface area contributed by atoms with Crippen LogP contribution in [-0.2, 0) is 6.42 Å². The fourth-order valence-corrected chi connectivity index (χ4v) is 1.91. The molecule has 3 nitrogen and oxygen atoms in total. The highest BCUT2D eigenvalue weighted by molar-refractivity contribution is 5.82. The van der Waals surface area contributed by atoms with Crippen LogP contribution in [0.25, 0.3) is 11.0 Å². The fraction of sp³-hybridized carbons (Fsp3) is 0.333. The van der Waals surface area contributed by atoms with Crippen LogP contribution in [-0.4, -0.2) is 0 Å². The Morgan fingerprint density at radius 1 is 1.40 bits per heavy atom. The summed E-state index contributed by atoms with van der Waals surface area (Å²) in [6, 6.07) is 8.13. The summed E-state index contributed by atoms with van der Waals surface area (Å²) in [6.45, 7) is 4.13. The Morgan fingerprint density at radius 2 is 2.13 bits per heavy atom. The van der Waals surface area contributed by atoms with Crippen LogP contribution < -0.4 is 11.3 Å². The number of nitrogens with two attached hydrogens (primary N) is 1. The van der Waals surface area contributed by atoms with E-state index in [0.717, 1.165) is 17.8 Å². The monoisotopic (exact) mass is 204 g/mol. The average molecular weight is 204 g/mol. The van der Waals surface area contributed by atoms with Crippen molar-refractivity contribution < 1.29 is 4.42 Å². The van der Waals surface area contributed by atoms with Gasteiger partial charge in [0.1, 0.15) is 11.3 Å². The number of furan rings is 1. The van der Waals surface area contributed by atoms with Crippen molar-refractivity contribution in [3.63, 3.8) is 0 Å². The van der Waals surface area contributed by atoms with Gasteiger partial charge in [-0.2, -0.15) is 0 Å². The van der Waals surface area contributed by atoms with E-state index in [1.165, 1.54) is 10.9 Å². The molecular weight excluding hydrogens is 188 g/mol. The second-order valence-corrected chi connectivity index (χ2v) is 3.68. The molecule has 0 saturated carbocycles. The molecular formula is C12H16N2O. The van der Waals surface area contributed by atoms with E-state index in [1.54, 1.807) is 0 Å². The highest BCUT2D eigenvalue weighted by atomic mass is 16.3. The molecule has 15 heavy (non-hydrogen) atoms. The summed E-state index contributed by atoms with van der Waals surface area (Å²) < 4.78 is 5.80. The molecule has 3 N–H and O–H groups in total. The lowest BCUT2D eigenvalue weighted by Crippen LogP contribution is -2.25. The van der Waals surface area contributed by atoms with Gasteiger partial charge in [-0.05, 0) is 19.4 Å². The van der Waals surface area contributed by atoms with Crippen molar-refractivity contribution in [1.29, 1.82) is 0 Å². The largest absolute Gasteiger partial charge is 0.459 e. The molecule has 0 radical (unpaired) electrons. The Bertz CT molecular complexity index is 462. The van der Waals surface area contributed by atoms with Gasteiger partial charge < -0.3 is 4.42 Å². The Labute approximate surface area is 89.2 Å². The molecule has 1 atom stereocenters. The van der Waals surface area contributed by atoms with E-state index in [2.05, 4.69) is 18.4 Å². The molecule has 0 spiro atoms. The summed E-state index contributed by atoms with van der Waals surface area (Å²) in [4.78, 5) is 0. The zero-order valence-corrected chi connectivity index (χ0v) is 9.08. The molecule has 0 saturated heterocycles. The number of hydrogen-bond acceptors (Lipinski definition) is 3. The summed E-state index contributed by atoms with van der Waals surface area (Å²) in [5.74, 6) is 6.39. The van der Waals surface area contributed by atoms with Gasteiger partial charge in [0.05, 0.1) is 6.04 Å². The Kier molecular flexibility index (Phi) is 2.75. The lowest BCUT2D eigenvalue weighted by molar-refractivity contribution is 0.454. The summed E-state index contributed by atoms with van der Waals surface area (Å²) in [5, 5.41) is 1.19. The zero-order chi connectivity index (χ0) is 10.8. The van der Waals surface area contributed by atoms with Gasteiger partial charge in [-0.25, -0.2) is 0 Å². The summed E-state index contributed by atoms with van der Waals surface area (Å²) in [5.41, 5.74) is 4.91. The van der Waals surface area contributed by atoms with Crippen LogP contribution in [0.2, 0.25) is 0 Å². The highest BCUT2D eigenvalue weighted by Crippen LogP contribution is 2.29. The summed E-state index contributed by atoms with van der Waals surface area (Å²) in [7, 11) is 0. The molecule has 1 heterocycles. The summed E-state index contributed by atoms with van der Waals surface area (Å²) >= 11 is 0. The second kappa shape index (κ2) is 4.04. The molecule has 0 aliphatic carbocycles. The molecule has 0 aliphatic heterocycles. The van der Waals surface area contributed by atoms with Crippen molar-refractivity contribution in [2.45, 2.75) is 26.3 Å². The molecule has 2 rings (SSSR count). The second-order valence-electron chi connectivity index (χ2n) is 3.68. The molecule has 0 amide bonds. The van der Waals surface area contributed by atoms with Crippen molar-refractivity contribution in [2.24, 2.45) is 5.84 Å². The standard InChI is InChI=1S/C12H16N2O/c1-3-9-10-6-4-5-7-11(10)15-12(9)8(2)14-13/h4-8,14H,3,13H2,1-2H3/t8-/m0/s1. The number of fused-ring (bicyclic) bond motifs is 1. The third-order valence-corrected chi connectivity index (χ3v) is 2.73. The third kappa shape index (κ3) is 1.64. The van der Waals surface area contributed by atoms with Gasteiger partial charge in [-0.1, -0.05) is 25.1 Å². The van der Waals surface area contributed by atoms with Crippen molar-refractivity contribution in [3.05, 3.63) is 35.6 Å². The van der Waals surface area contributed by atoms with E-state index < -0.39 is 0 Å². The predicted octanol–water partition coefficient (Wildman–Crippen LogP) is 2.52. The van der Waals surface area contributed by atoms with Crippen LogP contribution in [0.15, 0.2) is 28.7 Å². The predicted molar refractivity (Wildman–Crippen MR) is 61.3 cm³/mol. The normalized spacial score (nSPS) is 13.3. The first-order chi connectivity index (χ1) is 7.27. The van der Waals surface area contributed by atoms with Crippen LogP contribution in [0.3, 0.4) is 0 Å². The highest BCUT2D eigenvalue weighted by Gasteiger charge is 2.16. The smallest absolute Gasteiger partial charge is 0.134 e. The molecule has 3 heteroatoms. The number of benzene rings is 1. The molecule has 0 aliphatic rings. The first-order valence-electron chi connectivity index (χ1n) is 5.24. The van der Waals surface area contributed by atoms with Crippen molar-refractivity contribution in [2.75, 3.05) is 0 Å². The van der Waals surface area contributed by atoms with E-state index in [9.17, 15) is 0 Å². The van der Waals surface area contributed by atoms with Crippen molar-refractivity contribution in [1.82, 2.24) is 5.43 Å². The van der Waals surface area contributed by atoms with Gasteiger partial charge in [0.2, 0.25) is 0 Å². The molecule has 2 aromatic rings. The van der Waals surface area contributed by atoms with Gasteiger partial charge in [0.15, 0.2) is 0 Å². The molecule has 0 fully saturated rings. The molecule has 0 bridgehead atoms. The maximum absolute atomic E-state index is 5.80. The third-order valence-electron chi connectivity index (χ3n) is 2.73. The van der Waals surface area contributed by atoms with E-state index in [0.29, 0.717) is 0 Å². The number of nitrogens with one attached hydrogen (secondary N) is 1. The Balaban J connectivity index is 2.63. The fourth-order valence-electron chi connectivity index (χ4n) is 1.91. The number of para-hydroxylation sites is 1. The van der Waals surface area contributed by atoms with Crippen LogP contribution >= 0.6 is 0 Å². The van der Waals surface area contributed by atoms with Crippen LogP contribution in [0, 0.1) is 0 Å². The van der Waals surface area contributed by atoms with Gasteiger partial charge in [-0.15, -0.1) is 0 Å². The number of hydrogen-bond donors (Lipinski definition) is 2. The number of rotatable bonds is 3. The minimum atomic E-state index is 0.0485. The van der Waals surface area contributed by atoms with Crippen LogP contribution in [0.1, 0.15) is 31.2 Å². The topological polar surface area (TPSA) is 51.2 Å². The van der Waals surface area contributed by atoms with Crippen LogP contribution in [0.4, 0.5) is 0 Å². The van der Waals surface area contributed by atoms with Gasteiger partial charge in [0.25, 0.3) is 0 Å². The quantitative estimate of drug-likeness (QED) is 0.596. The van der Waals surface area contributed by atoms with E-state index in [-0.39, 0.29) is 6.04 Å². The minimum Gasteiger partial charge on any atom is -0.459 e. The van der Waals surface area contributed by atoms with Gasteiger partial charge in [0, 0.05) is 10.9 Å².